The molecule has 1 atom stereocenters. The lowest BCUT2D eigenvalue weighted by atomic mass is 9.99. The van der Waals surface area contributed by atoms with E-state index in [9.17, 15) is 0 Å². The van der Waals surface area contributed by atoms with Crippen LogP contribution in [0.1, 0.15) is 22.7 Å². The lowest BCUT2D eigenvalue weighted by Crippen LogP contribution is -2.29. The van der Waals surface area contributed by atoms with E-state index in [4.69, 9.17) is 17.4 Å². The zero-order valence-electron chi connectivity index (χ0n) is 10.7. The van der Waals surface area contributed by atoms with Gasteiger partial charge in [0.1, 0.15) is 0 Å². The molecule has 0 aliphatic rings. The Morgan fingerprint density at radius 3 is 2.47 bits per heavy atom. The van der Waals surface area contributed by atoms with Crippen LogP contribution in [-0.2, 0) is 6.42 Å². The lowest BCUT2D eigenvalue weighted by Gasteiger charge is -2.17. The molecule has 19 heavy (non-hydrogen) atoms. The highest BCUT2D eigenvalue weighted by molar-refractivity contribution is 9.10. The van der Waals surface area contributed by atoms with Crippen LogP contribution in [0.25, 0.3) is 0 Å². The van der Waals surface area contributed by atoms with Crippen LogP contribution in [0.5, 0.6) is 0 Å². The Bertz CT molecular complexity index is 555. The van der Waals surface area contributed by atoms with Gasteiger partial charge in [-0.1, -0.05) is 47.5 Å². The summed E-state index contributed by atoms with van der Waals surface area (Å²) in [4.78, 5) is 0. The normalized spacial score (nSPS) is 12.4. The highest BCUT2D eigenvalue weighted by Gasteiger charge is 2.12. The molecule has 2 rings (SSSR count). The van der Waals surface area contributed by atoms with Gasteiger partial charge >= 0.3 is 0 Å². The summed E-state index contributed by atoms with van der Waals surface area (Å²) in [5, 5.41) is 0.704. The van der Waals surface area contributed by atoms with E-state index in [-0.39, 0.29) is 6.04 Å². The summed E-state index contributed by atoms with van der Waals surface area (Å²) in [5.41, 5.74) is 6.48. The maximum Gasteiger partial charge on any atom is 0.0548 e. The van der Waals surface area contributed by atoms with Gasteiger partial charge in [-0.3, -0.25) is 11.3 Å². The molecule has 0 spiro atoms. The molecular weight excluding hydrogens is 324 g/mol. The van der Waals surface area contributed by atoms with Crippen molar-refractivity contribution in [1.82, 2.24) is 5.43 Å². The predicted octanol–water partition coefficient (Wildman–Crippen LogP) is 4.16. The van der Waals surface area contributed by atoms with Crippen molar-refractivity contribution >= 4 is 27.5 Å². The van der Waals surface area contributed by atoms with E-state index >= 15 is 0 Å². The van der Waals surface area contributed by atoms with Gasteiger partial charge in [0.15, 0.2) is 0 Å². The number of hydrazine groups is 1. The molecule has 0 amide bonds. The minimum atomic E-state index is 0.0660. The Labute approximate surface area is 127 Å². The van der Waals surface area contributed by atoms with Crippen LogP contribution in [0.2, 0.25) is 5.02 Å². The summed E-state index contributed by atoms with van der Waals surface area (Å²) in [6.07, 6.45) is 0.838. The largest absolute Gasteiger partial charge is 0.271 e. The zero-order chi connectivity index (χ0) is 13.8. The van der Waals surface area contributed by atoms with Gasteiger partial charge in [0.2, 0.25) is 0 Å². The Hall–Kier alpha value is -0.870. The van der Waals surface area contributed by atoms with Crippen molar-refractivity contribution < 1.29 is 0 Å². The first-order valence-corrected chi connectivity index (χ1v) is 7.24. The van der Waals surface area contributed by atoms with Gasteiger partial charge in [-0.25, -0.2) is 0 Å². The van der Waals surface area contributed by atoms with Crippen LogP contribution in [0.15, 0.2) is 46.9 Å². The molecule has 4 heteroatoms. The molecular formula is C15H16BrClN2. The number of nitrogens with two attached hydrogens (primary N) is 1. The summed E-state index contributed by atoms with van der Waals surface area (Å²) >= 11 is 9.45. The summed E-state index contributed by atoms with van der Waals surface area (Å²) in [6, 6.07) is 14.4. The third-order valence-electron chi connectivity index (χ3n) is 3.11. The fourth-order valence-corrected chi connectivity index (χ4v) is 2.48. The van der Waals surface area contributed by atoms with Crippen LogP contribution in [-0.4, -0.2) is 0 Å². The van der Waals surface area contributed by atoms with Crippen LogP contribution in [0.3, 0.4) is 0 Å². The van der Waals surface area contributed by atoms with Crippen molar-refractivity contribution in [3.05, 3.63) is 68.7 Å². The standard InChI is InChI=1S/C15H16BrClN2/c1-10-2-4-11(5-3-10)8-15(19-18)12-6-7-14(17)13(16)9-12/h2-7,9,15,19H,8,18H2,1H3. The van der Waals surface area contributed by atoms with Crippen molar-refractivity contribution in [3.8, 4) is 0 Å². The van der Waals surface area contributed by atoms with E-state index in [2.05, 4.69) is 52.5 Å². The molecule has 0 heterocycles. The molecule has 0 aliphatic heterocycles. The number of hydrogen-bond donors (Lipinski definition) is 2. The number of rotatable bonds is 4. The highest BCUT2D eigenvalue weighted by Crippen LogP contribution is 2.27. The molecule has 1 unspecified atom stereocenters. The van der Waals surface area contributed by atoms with Crippen molar-refractivity contribution in [2.24, 2.45) is 5.84 Å². The molecule has 0 saturated heterocycles. The van der Waals surface area contributed by atoms with Crippen molar-refractivity contribution in [2.75, 3.05) is 0 Å². The fraction of sp³-hybridized carbons (Fsp3) is 0.200. The number of hydrogen-bond acceptors (Lipinski definition) is 2. The summed E-state index contributed by atoms with van der Waals surface area (Å²) in [6.45, 7) is 2.08. The number of nitrogens with one attached hydrogen (secondary N) is 1. The van der Waals surface area contributed by atoms with E-state index in [1.807, 2.05) is 18.2 Å². The third kappa shape index (κ3) is 3.80. The number of benzene rings is 2. The first-order chi connectivity index (χ1) is 9.10. The van der Waals surface area contributed by atoms with E-state index in [1.165, 1.54) is 11.1 Å². The van der Waals surface area contributed by atoms with E-state index in [0.717, 1.165) is 16.5 Å². The van der Waals surface area contributed by atoms with Crippen molar-refractivity contribution in [1.29, 1.82) is 0 Å². The molecule has 0 bridgehead atoms. The van der Waals surface area contributed by atoms with Gasteiger partial charge in [-0.2, -0.15) is 0 Å². The second kappa shape index (κ2) is 6.53. The minimum Gasteiger partial charge on any atom is -0.271 e. The van der Waals surface area contributed by atoms with E-state index in [0.29, 0.717) is 5.02 Å². The average molecular weight is 340 g/mol. The van der Waals surface area contributed by atoms with Gasteiger partial charge in [-0.05, 0) is 52.5 Å². The molecule has 2 aromatic carbocycles. The predicted molar refractivity (Wildman–Crippen MR) is 84.1 cm³/mol. The maximum atomic E-state index is 6.01. The SMILES string of the molecule is Cc1ccc(CC(NN)c2ccc(Cl)c(Br)c2)cc1. The van der Waals surface area contributed by atoms with Crippen LogP contribution in [0.4, 0.5) is 0 Å². The molecule has 2 aromatic rings. The first-order valence-electron chi connectivity index (χ1n) is 6.07. The second-order valence-electron chi connectivity index (χ2n) is 4.58. The number of aryl methyl sites for hydroxylation is 1. The van der Waals surface area contributed by atoms with Crippen molar-refractivity contribution in [2.45, 2.75) is 19.4 Å². The Kier molecular flexibility index (Phi) is 4.99. The number of halogens is 2. The highest BCUT2D eigenvalue weighted by atomic mass is 79.9. The van der Waals surface area contributed by atoms with Gasteiger partial charge < -0.3 is 0 Å². The van der Waals surface area contributed by atoms with Crippen LogP contribution in [0, 0.1) is 6.92 Å². The molecule has 0 aliphatic carbocycles. The quantitative estimate of drug-likeness (QED) is 0.648. The van der Waals surface area contributed by atoms with Gasteiger partial charge in [0.25, 0.3) is 0 Å². The summed E-state index contributed by atoms with van der Waals surface area (Å²) < 4.78 is 0.885. The monoisotopic (exact) mass is 338 g/mol. The van der Waals surface area contributed by atoms with Gasteiger partial charge in [-0.15, -0.1) is 0 Å². The maximum absolute atomic E-state index is 6.01. The van der Waals surface area contributed by atoms with E-state index < -0.39 is 0 Å². The molecule has 0 radical (unpaired) electrons. The lowest BCUT2D eigenvalue weighted by molar-refractivity contribution is 0.552. The molecule has 3 N–H and O–H groups in total. The zero-order valence-corrected chi connectivity index (χ0v) is 13.0. The summed E-state index contributed by atoms with van der Waals surface area (Å²) in [5.74, 6) is 5.67. The van der Waals surface area contributed by atoms with Crippen LogP contribution >= 0.6 is 27.5 Å². The minimum absolute atomic E-state index is 0.0660. The molecule has 100 valence electrons. The first kappa shape index (κ1) is 14.5. The average Bonchev–Trinajstić information content (AvgIpc) is 2.41. The Morgan fingerprint density at radius 1 is 1.21 bits per heavy atom. The summed E-state index contributed by atoms with van der Waals surface area (Å²) in [7, 11) is 0. The molecule has 0 aromatic heterocycles. The smallest absolute Gasteiger partial charge is 0.0548 e. The van der Waals surface area contributed by atoms with Crippen molar-refractivity contribution in [3.63, 3.8) is 0 Å². The fourth-order valence-electron chi connectivity index (χ4n) is 1.96. The molecule has 2 nitrogen and oxygen atoms in total. The van der Waals surface area contributed by atoms with Crippen LogP contribution < -0.4 is 11.3 Å². The molecule has 0 saturated carbocycles. The van der Waals surface area contributed by atoms with Gasteiger partial charge in [0, 0.05) is 4.47 Å². The second-order valence-corrected chi connectivity index (χ2v) is 5.84. The Morgan fingerprint density at radius 2 is 1.89 bits per heavy atom. The topological polar surface area (TPSA) is 38.0 Å². The van der Waals surface area contributed by atoms with Gasteiger partial charge in [0.05, 0.1) is 11.1 Å². The Balaban J connectivity index is 2.19. The third-order valence-corrected chi connectivity index (χ3v) is 4.32. The molecule has 0 fully saturated rings. The van der Waals surface area contributed by atoms with E-state index in [1.54, 1.807) is 0 Å².